The first-order valence-electron chi connectivity index (χ1n) is 4.08. The Kier molecular flexibility index (Phi) is 5.62. The Hall–Kier alpha value is 0.580. The van der Waals surface area contributed by atoms with E-state index in [0.717, 1.165) is 14.5 Å². The molecule has 1 rings (SSSR count). The Balaban J connectivity index is 2.83. The first-order valence-corrected chi connectivity index (χ1v) is 7.40. The lowest BCUT2D eigenvalue weighted by atomic mass is 10.1. The zero-order valence-electron chi connectivity index (χ0n) is 7.40. The van der Waals surface area contributed by atoms with Crippen LogP contribution in [0.3, 0.4) is 0 Å². The lowest BCUT2D eigenvalue weighted by molar-refractivity contribution is -0.115. The highest BCUT2D eigenvalue weighted by Gasteiger charge is 2.05. The van der Waals surface area contributed by atoms with Gasteiger partial charge >= 0.3 is 0 Å². The minimum atomic E-state index is 0.217. The Morgan fingerprint density at radius 2 is 2.07 bits per heavy atom. The summed E-state index contributed by atoms with van der Waals surface area (Å²) in [5.41, 5.74) is 2.35. The van der Waals surface area contributed by atoms with Crippen LogP contribution in [0.1, 0.15) is 11.1 Å². The van der Waals surface area contributed by atoms with Crippen LogP contribution in [0.4, 0.5) is 0 Å². The smallest absolute Gasteiger partial charge is 0.147 e. The van der Waals surface area contributed by atoms with Crippen molar-refractivity contribution in [2.75, 3.05) is 5.33 Å². The van der Waals surface area contributed by atoms with Crippen LogP contribution in [-0.2, 0) is 16.5 Å². The SMILES string of the molecule is O=C(CBr)Cc1ccc(CBr)cc1I. The van der Waals surface area contributed by atoms with Crippen molar-refractivity contribution in [2.24, 2.45) is 0 Å². The van der Waals surface area contributed by atoms with Crippen molar-refractivity contribution in [3.63, 3.8) is 0 Å². The van der Waals surface area contributed by atoms with Crippen LogP contribution in [0.15, 0.2) is 18.2 Å². The summed E-state index contributed by atoms with van der Waals surface area (Å²) >= 11 is 8.84. The molecule has 0 bridgehead atoms. The number of carbonyl (C=O) groups excluding carboxylic acids is 1. The van der Waals surface area contributed by atoms with Crippen molar-refractivity contribution in [3.05, 3.63) is 32.9 Å². The Bertz CT molecular complexity index is 339. The lowest BCUT2D eigenvalue weighted by Gasteiger charge is -2.04. The number of carbonyl (C=O) groups is 1. The molecular weight excluding hydrogens is 423 g/mol. The van der Waals surface area contributed by atoms with E-state index in [1.165, 1.54) is 5.56 Å². The summed E-state index contributed by atoms with van der Waals surface area (Å²) in [7, 11) is 0. The van der Waals surface area contributed by atoms with Crippen molar-refractivity contribution in [2.45, 2.75) is 11.8 Å². The van der Waals surface area contributed by atoms with Crippen molar-refractivity contribution in [1.82, 2.24) is 0 Å². The third kappa shape index (κ3) is 3.62. The molecule has 0 saturated heterocycles. The lowest BCUT2D eigenvalue weighted by Crippen LogP contribution is -2.05. The van der Waals surface area contributed by atoms with Gasteiger partial charge in [-0.05, 0) is 39.8 Å². The van der Waals surface area contributed by atoms with Crippen LogP contribution in [0, 0.1) is 3.57 Å². The van der Waals surface area contributed by atoms with E-state index in [1.54, 1.807) is 0 Å². The molecule has 0 aliphatic carbocycles. The molecule has 0 atom stereocenters. The molecular formula is C10H9Br2IO. The van der Waals surface area contributed by atoms with Gasteiger partial charge in [-0.2, -0.15) is 0 Å². The molecule has 4 heteroatoms. The fraction of sp³-hybridized carbons (Fsp3) is 0.300. The molecule has 0 spiro atoms. The Morgan fingerprint density at radius 3 is 2.57 bits per heavy atom. The molecule has 0 N–H and O–H groups in total. The second-order valence-corrected chi connectivity index (χ2v) is 5.19. The molecule has 0 aliphatic rings. The number of halogens is 3. The summed E-state index contributed by atoms with van der Waals surface area (Å²) in [5, 5.41) is 1.29. The summed E-state index contributed by atoms with van der Waals surface area (Å²) in [6.07, 6.45) is 0.520. The van der Waals surface area contributed by atoms with Gasteiger partial charge in [-0.15, -0.1) is 0 Å². The summed E-state index contributed by atoms with van der Waals surface area (Å²) in [4.78, 5) is 11.2. The maximum absolute atomic E-state index is 11.2. The van der Waals surface area contributed by atoms with Crippen LogP contribution in [0.5, 0.6) is 0 Å². The quantitative estimate of drug-likeness (QED) is 0.525. The number of Topliss-reactive ketones (excluding diaryl/α,β-unsaturated/α-hetero) is 1. The molecule has 14 heavy (non-hydrogen) atoms. The number of hydrogen-bond donors (Lipinski definition) is 0. The predicted octanol–water partition coefficient (Wildman–Crippen LogP) is 3.69. The van der Waals surface area contributed by atoms with Crippen LogP contribution in [0.25, 0.3) is 0 Å². The average molecular weight is 432 g/mol. The number of alkyl halides is 2. The second-order valence-electron chi connectivity index (χ2n) is 2.91. The first kappa shape index (κ1) is 12.6. The van der Waals surface area contributed by atoms with Crippen molar-refractivity contribution >= 4 is 60.2 Å². The topological polar surface area (TPSA) is 17.1 Å². The maximum Gasteiger partial charge on any atom is 0.147 e. The zero-order valence-corrected chi connectivity index (χ0v) is 12.7. The van der Waals surface area contributed by atoms with E-state index >= 15 is 0 Å². The Labute approximate surface area is 114 Å². The summed E-state index contributed by atoms with van der Waals surface area (Å²) in [6, 6.07) is 6.18. The molecule has 1 aromatic rings. The molecule has 0 fully saturated rings. The monoisotopic (exact) mass is 430 g/mol. The highest BCUT2D eigenvalue weighted by atomic mass is 127. The first-order chi connectivity index (χ1) is 6.67. The molecule has 1 nitrogen and oxygen atoms in total. The van der Waals surface area contributed by atoms with Gasteiger partial charge in [0, 0.05) is 15.3 Å². The fourth-order valence-electron chi connectivity index (χ4n) is 1.08. The van der Waals surface area contributed by atoms with Crippen LogP contribution in [-0.4, -0.2) is 11.1 Å². The van der Waals surface area contributed by atoms with Crippen LogP contribution >= 0.6 is 54.5 Å². The van der Waals surface area contributed by atoms with E-state index in [4.69, 9.17) is 0 Å². The minimum Gasteiger partial charge on any atom is -0.298 e. The number of hydrogen-bond acceptors (Lipinski definition) is 1. The summed E-state index contributed by atoms with van der Waals surface area (Å²) < 4.78 is 1.16. The molecule has 0 radical (unpaired) electrons. The van der Waals surface area contributed by atoms with Gasteiger partial charge in [0.15, 0.2) is 0 Å². The van der Waals surface area contributed by atoms with Gasteiger partial charge in [0.05, 0.1) is 5.33 Å². The highest BCUT2D eigenvalue weighted by molar-refractivity contribution is 14.1. The van der Waals surface area contributed by atoms with Gasteiger partial charge in [0.1, 0.15) is 5.78 Å². The van der Waals surface area contributed by atoms with E-state index in [9.17, 15) is 4.79 Å². The number of benzene rings is 1. The average Bonchev–Trinajstić information content (AvgIpc) is 2.20. The van der Waals surface area contributed by atoms with Crippen molar-refractivity contribution in [3.8, 4) is 0 Å². The van der Waals surface area contributed by atoms with E-state index in [1.807, 2.05) is 12.1 Å². The normalized spacial score (nSPS) is 10.2. The Morgan fingerprint density at radius 1 is 1.36 bits per heavy atom. The van der Waals surface area contributed by atoms with E-state index < -0.39 is 0 Å². The van der Waals surface area contributed by atoms with Gasteiger partial charge < -0.3 is 0 Å². The zero-order chi connectivity index (χ0) is 10.6. The molecule has 1 aromatic carbocycles. The third-order valence-corrected chi connectivity index (χ3v) is 4.09. The van der Waals surface area contributed by atoms with Gasteiger partial charge in [0.25, 0.3) is 0 Å². The van der Waals surface area contributed by atoms with E-state index in [-0.39, 0.29) is 5.78 Å². The summed E-state index contributed by atoms with van der Waals surface area (Å²) in [6.45, 7) is 0. The van der Waals surface area contributed by atoms with Gasteiger partial charge in [-0.25, -0.2) is 0 Å². The van der Waals surface area contributed by atoms with Gasteiger partial charge in [-0.3, -0.25) is 4.79 Å². The third-order valence-electron chi connectivity index (χ3n) is 1.81. The number of ketones is 1. The molecule has 76 valence electrons. The minimum absolute atomic E-state index is 0.217. The van der Waals surface area contributed by atoms with Crippen LogP contribution in [0.2, 0.25) is 0 Å². The maximum atomic E-state index is 11.2. The van der Waals surface area contributed by atoms with E-state index in [0.29, 0.717) is 11.8 Å². The molecule has 0 amide bonds. The highest BCUT2D eigenvalue weighted by Crippen LogP contribution is 2.17. The van der Waals surface area contributed by atoms with Gasteiger partial charge in [0.2, 0.25) is 0 Å². The summed E-state index contributed by atoms with van der Waals surface area (Å²) in [5.74, 6) is 0.217. The van der Waals surface area contributed by atoms with Crippen molar-refractivity contribution < 1.29 is 4.79 Å². The van der Waals surface area contributed by atoms with Crippen LogP contribution < -0.4 is 0 Å². The molecule has 0 aliphatic heterocycles. The largest absolute Gasteiger partial charge is 0.298 e. The molecule has 0 aromatic heterocycles. The number of rotatable bonds is 4. The van der Waals surface area contributed by atoms with E-state index in [2.05, 4.69) is 60.5 Å². The van der Waals surface area contributed by atoms with Gasteiger partial charge in [-0.1, -0.05) is 44.0 Å². The standard InChI is InChI=1S/C10H9Br2IO/c11-5-7-1-2-8(10(13)3-7)4-9(14)6-12/h1-3H,4-6H2. The second kappa shape index (κ2) is 6.23. The van der Waals surface area contributed by atoms with Crippen molar-refractivity contribution in [1.29, 1.82) is 0 Å². The molecule has 0 heterocycles. The molecule has 0 saturated carbocycles. The molecule has 0 unspecified atom stereocenters. The fourth-order valence-corrected chi connectivity index (χ4v) is 2.39. The predicted molar refractivity (Wildman–Crippen MR) is 74.3 cm³/mol.